The van der Waals surface area contributed by atoms with Crippen LogP contribution in [0.15, 0.2) is 9.98 Å². The van der Waals surface area contributed by atoms with Gasteiger partial charge in [-0.15, -0.1) is 0 Å². The monoisotopic (exact) mass is 209 g/mol. The second-order valence-corrected chi connectivity index (χ2v) is 4.28. The number of rotatable bonds is 1. The van der Waals surface area contributed by atoms with Crippen molar-refractivity contribution in [3.63, 3.8) is 0 Å². The molecule has 3 nitrogen and oxygen atoms in total. The lowest BCUT2D eigenvalue weighted by Gasteiger charge is -2.11. The lowest BCUT2D eigenvalue weighted by atomic mass is 10.1. The minimum Gasteiger partial charge on any atom is -0.301 e. The first-order valence-electron chi connectivity index (χ1n) is 6.04. The molecule has 0 aliphatic carbocycles. The van der Waals surface area contributed by atoms with E-state index in [1.165, 1.54) is 37.9 Å². The first kappa shape index (κ1) is 12.4. The summed E-state index contributed by atoms with van der Waals surface area (Å²) in [5, 5.41) is 0. The Hall–Kier alpha value is -0.700. The van der Waals surface area contributed by atoms with Gasteiger partial charge in [-0.3, -0.25) is 4.99 Å². The van der Waals surface area contributed by atoms with Crippen molar-refractivity contribution in [2.75, 3.05) is 20.1 Å². The predicted octanol–water partition coefficient (Wildman–Crippen LogP) is 2.37. The van der Waals surface area contributed by atoms with Gasteiger partial charge in [-0.25, -0.2) is 4.99 Å². The van der Waals surface area contributed by atoms with E-state index >= 15 is 0 Å². The van der Waals surface area contributed by atoms with E-state index in [1.54, 1.807) is 6.34 Å². The fraction of sp³-hybridized carbons (Fsp3) is 0.833. The molecule has 0 aromatic heterocycles. The topological polar surface area (TPSA) is 28.0 Å². The van der Waals surface area contributed by atoms with Gasteiger partial charge in [0.1, 0.15) is 6.34 Å². The lowest BCUT2D eigenvalue weighted by molar-refractivity contribution is 0.382. The summed E-state index contributed by atoms with van der Waals surface area (Å²) in [5.41, 5.74) is 1.25. The summed E-state index contributed by atoms with van der Waals surface area (Å²) >= 11 is 0. The molecule has 0 N–H and O–H groups in total. The number of fused-ring (bicyclic) bond motifs is 1. The smallest absolute Gasteiger partial charge is 0.110 e. The molecule has 1 fully saturated rings. The zero-order valence-electron chi connectivity index (χ0n) is 10.2. The Morgan fingerprint density at radius 2 is 2.13 bits per heavy atom. The van der Waals surface area contributed by atoms with Crippen LogP contribution in [0.4, 0.5) is 0 Å². The van der Waals surface area contributed by atoms with Crippen LogP contribution in [0.3, 0.4) is 0 Å². The van der Waals surface area contributed by atoms with Gasteiger partial charge in [-0.1, -0.05) is 26.7 Å². The summed E-state index contributed by atoms with van der Waals surface area (Å²) in [6.07, 6.45) is 6.77. The molecule has 2 aliphatic rings. The van der Waals surface area contributed by atoms with Crippen LogP contribution in [0.2, 0.25) is 0 Å². The van der Waals surface area contributed by atoms with Gasteiger partial charge in [0.2, 0.25) is 0 Å². The molecule has 3 heteroatoms. The molecule has 15 heavy (non-hydrogen) atoms. The average molecular weight is 209 g/mol. The van der Waals surface area contributed by atoms with Gasteiger partial charge in [0.25, 0.3) is 0 Å². The summed E-state index contributed by atoms with van der Waals surface area (Å²) in [7, 11) is 2.14. The summed E-state index contributed by atoms with van der Waals surface area (Å²) in [6.45, 7) is 6.55. The molecule has 1 atom stereocenters. The Morgan fingerprint density at radius 3 is 2.80 bits per heavy atom. The van der Waals surface area contributed by atoms with E-state index in [2.05, 4.69) is 35.8 Å². The highest BCUT2D eigenvalue weighted by Gasteiger charge is 2.22. The van der Waals surface area contributed by atoms with Crippen LogP contribution in [0.1, 0.15) is 39.5 Å². The molecule has 2 rings (SSSR count). The maximum Gasteiger partial charge on any atom is 0.110 e. The van der Waals surface area contributed by atoms with Gasteiger partial charge in [-0.05, 0) is 26.4 Å². The summed E-state index contributed by atoms with van der Waals surface area (Å²) < 4.78 is 0. The molecule has 1 unspecified atom stereocenters. The van der Waals surface area contributed by atoms with E-state index in [0.717, 1.165) is 6.54 Å². The molecule has 0 bridgehead atoms. The SMILES string of the molecule is CCCC.CN1CCCC2N=CN=C2C1. The van der Waals surface area contributed by atoms with Crippen molar-refractivity contribution < 1.29 is 0 Å². The van der Waals surface area contributed by atoms with E-state index < -0.39 is 0 Å². The maximum absolute atomic E-state index is 4.30. The van der Waals surface area contributed by atoms with E-state index in [1.807, 2.05) is 0 Å². The summed E-state index contributed by atoms with van der Waals surface area (Å²) in [5.74, 6) is 0. The molecule has 0 amide bonds. The molecule has 1 saturated heterocycles. The lowest BCUT2D eigenvalue weighted by Crippen LogP contribution is -2.27. The van der Waals surface area contributed by atoms with Gasteiger partial charge in [0.15, 0.2) is 0 Å². The molecule has 0 saturated carbocycles. The van der Waals surface area contributed by atoms with E-state index in [9.17, 15) is 0 Å². The highest BCUT2D eigenvalue weighted by molar-refractivity contribution is 6.00. The van der Waals surface area contributed by atoms with Crippen molar-refractivity contribution >= 4 is 12.1 Å². The van der Waals surface area contributed by atoms with Gasteiger partial charge in [0.05, 0.1) is 11.8 Å². The molecular weight excluding hydrogens is 186 g/mol. The fourth-order valence-corrected chi connectivity index (χ4v) is 1.66. The Balaban J connectivity index is 0.000000245. The van der Waals surface area contributed by atoms with E-state index in [-0.39, 0.29) is 0 Å². The van der Waals surface area contributed by atoms with Crippen molar-refractivity contribution in [1.29, 1.82) is 0 Å². The summed E-state index contributed by atoms with van der Waals surface area (Å²) in [4.78, 5) is 10.9. The Bertz CT molecular complexity index is 231. The van der Waals surface area contributed by atoms with E-state index in [0.29, 0.717) is 6.04 Å². The van der Waals surface area contributed by atoms with Crippen LogP contribution in [0.5, 0.6) is 0 Å². The number of hydrogen-bond acceptors (Lipinski definition) is 3. The van der Waals surface area contributed by atoms with Gasteiger partial charge < -0.3 is 4.90 Å². The first-order valence-corrected chi connectivity index (χ1v) is 6.04. The normalized spacial score (nSPS) is 25.0. The van der Waals surface area contributed by atoms with Gasteiger partial charge in [0, 0.05) is 6.54 Å². The molecule has 0 aromatic carbocycles. The second-order valence-electron chi connectivity index (χ2n) is 4.28. The molecular formula is C12H23N3. The summed E-state index contributed by atoms with van der Waals surface area (Å²) in [6, 6.07) is 0.417. The van der Waals surface area contributed by atoms with Crippen molar-refractivity contribution in [1.82, 2.24) is 4.90 Å². The van der Waals surface area contributed by atoms with Crippen LogP contribution in [0, 0.1) is 0 Å². The fourth-order valence-electron chi connectivity index (χ4n) is 1.66. The zero-order chi connectivity index (χ0) is 11.1. The van der Waals surface area contributed by atoms with Gasteiger partial charge >= 0.3 is 0 Å². The minimum atomic E-state index is 0.417. The van der Waals surface area contributed by atoms with Crippen molar-refractivity contribution in [3.8, 4) is 0 Å². The number of nitrogens with zero attached hydrogens (tertiary/aromatic N) is 3. The molecule has 2 aliphatic heterocycles. The second kappa shape index (κ2) is 6.72. The molecule has 0 radical (unpaired) electrons. The first-order chi connectivity index (χ1) is 7.27. The third-order valence-electron chi connectivity index (χ3n) is 2.80. The molecule has 86 valence electrons. The largest absolute Gasteiger partial charge is 0.301 e. The molecule has 2 heterocycles. The Kier molecular flexibility index (Phi) is 5.54. The van der Waals surface area contributed by atoms with Crippen LogP contribution >= 0.6 is 0 Å². The molecule has 0 aromatic rings. The number of unbranched alkanes of at least 4 members (excludes halogenated alkanes) is 1. The minimum absolute atomic E-state index is 0.417. The predicted molar refractivity (Wildman–Crippen MR) is 67.0 cm³/mol. The third-order valence-corrected chi connectivity index (χ3v) is 2.80. The Labute approximate surface area is 93.3 Å². The number of likely N-dealkylation sites (tertiary alicyclic amines) is 1. The van der Waals surface area contributed by atoms with Crippen molar-refractivity contribution in [3.05, 3.63) is 0 Å². The highest BCUT2D eigenvalue weighted by Crippen LogP contribution is 2.13. The van der Waals surface area contributed by atoms with Crippen LogP contribution < -0.4 is 0 Å². The van der Waals surface area contributed by atoms with E-state index in [4.69, 9.17) is 0 Å². The van der Waals surface area contributed by atoms with Crippen molar-refractivity contribution in [2.45, 2.75) is 45.6 Å². The van der Waals surface area contributed by atoms with Crippen LogP contribution in [-0.4, -0.2) is 43.1 Å². The van der Waals surface area contributed by atoms with Crippen LogP contribution in [-0.2, 0) is 0 Å². The highest BCUT2D eigenvalue weighted by atomic mass is 15.1. The van der Waals surface area contributed by atoms with Crippen molar-refractivity contribution in [2.24, 2.45) is 9.98 Å². The zero-order valence-corrected chi connectivity index (χ0v) is 10.2. The maximum atomic E-state index is 4.30. The number of hydrogen-bond donors (Lipinski definition) is 0. The quantitative estimate of drug-likeness (QED) is 0.651. The third kappa shape index (κ3) is 4.12. The Morgan fingerprint density at radius 1 is 1.40 bits per heavy atom. The van der Waals surface area contributed by atoms with Crippen LogP contribution in [0.25, 0.3) is 0 Å². The average Bonchev–Trinajstić information content (AvgIpc) is 2.59. The molecule has 0 spiro atoms. The van der Waals surface area contributed by atoms with Gasteiger partial charge in [-0.2, -0.15) is 0 Å². The standard InChI is InChI=1S/C8H13N3.C4H10/c1-11-4-2-3-7-8(5-11)10-6-9-7;1-3-4-2/h6-7H,2-5H2,1H3;3-4H2,1-2H3. The number of aliphatic imine (C=N–C) groups is 2.